The van der Waals surface area contributed by atoms with Crippen LogP contribution in [-0.4, -0.2) is 30.8 Å². The highest BCUT2D eigenvalue weighted by atomic mass is 32.2. The van der Waals surface area contributed by atoms with Gasteiger partial charge in [-0.2, -0.15) is 4.31 Å². The van der Waals surface area contributed by atoms with E-state index in [0.29, 0.717) is 24.8 Å². The normalized spacial score (nSPS) is 22.6. The van der Waals surface area contributed by atoms with Gasteiger partial charge in [0.15, 0.2) is 0 Å². The summed E-state index contributed by atoms with van der Waals surface area (Å²) in [4.78, 5) is 4.08. The fourth-order valence-electron chi connectivity index (χ4n) is 2.17. The Balaban J connectivity index is 2.22. The lowest BCUT2D eigenvalue weighted by atomic mass is 10.0. The monoisotopic (exact) mass is 269 g/mol. The van der Waals surface area contributed by atoms with Gasteiger partial charge in [-0.1, -0.05) is 6.92 Å². The minimum atomic E-state index is -3.41. The van der Waals surface area contributed by atoms with Gasteiger partial charge < -0.3 is 5.73 Å². The van der Waals surface area contributed by atoms with Crippen molar-refractivity contribution in [3.05, 3.63) is 18.3 Å². The molecule has 6 heteroatoms. The van der Waals surface area contributed by atoms with Gasteiger partial charge in [-0.15, -0.1) is 0 Å². The van der Waals surface area contributed by atoms with Crippen LogP contribution in [0.4, 0.5) is 5.82 Å². The number of nitrogens with zero attached hydrogens (tertiary/aromatic N) is 2. The van der Waals surface area contributed by atoms with Gasteiger partial charge in [0.05, 0.1) is 0 Å². The molecule has 1 atom stereocenters. The van der Waals surface area contributed by atoms with Crippen molar-refractivity contribution < 1.29 is 8.42 Å². The first-order valence-corrected chi connectivity index (χ1v) is 7.66. The quantitative estimate of drug-likeness (QED) is 0.882. The fraction of sp³-hybridized carbons (Fsp3) is 0.583. The highest BCUT2D eigenvalue weighted by molar-refractivity contribution is 7.89. The van der Waals surface area contributed by atoms with E-state index in [0.717, 1.165) is 19.3 Å². The molecule has 0 amide bonds. The van der Waals surface area contributed by atoms with Gasteiger partial charge >= 0.3 is 0 Å². The molecule has 100 valence electrons. The Morgan fingerprint density at radius 1 is 1.33 bits per heavy atom. The first-order chi connectivity index (χ1) is 8.50. The number of nitrogens with two attached hydrogens (primary N) is 1. The van der Waals surface area contributed by atoms with E-state index in [1.807, 2.05) is 0 Å². The number of pyridine rings is 1. The Kier molecular flexibility index (Phi) is 3.87. The van der Waals surface area contributed by atoms with Crippen LogP contribution in [0.1, 0.15) is 26.2 Å². The van der Waals surface area contributed by atoms with Crippen LogP contribution >= 0.6 is 0 Å². The van der Waals surface area contributed by atoms with Crippen molar-refractivity contribution in [1.82, 2.24) is 9.29 Å². The molecule has 0 spiro atoms. The van der Waals surface area contributed by atoms with Crippen LogP contribution in [0.15, 0.2) is 23.2 Å². The minimum absolute atomic E-state index is 0.228. The first-order valence-electron chi connectivity index (χ1n) is 6.22. The van der Waals surface area contributed by atoms with E-state index >= 15 is 0 Å². The van der Waals surface area contributed by atoms with Gasteiger partial charge in [0.1, 0.15) is 10.7 Å². The number of hydrogen-bond acceptors (Lipinski definition) is 4. The van der Waals surface area contributed by atoms with E-state index in [1.165, 1.54) is 18.3 Å². The van der Waals surface area contributed by atoms with Crippen LogP contribution in [0.3, 0.4) is 0 Å². The van der Waals surface area contributed by atoms with E-state index in [9.17, 15) is 8.42 Å². The zero-order valence-electron chi connectivity index (χ0n) is 10.5. The van der Waals surface area contributed by atoms with Crippen molar-refractivity contribution in [2.24, 2.45) is 5.92 Å². The molecule has 2 heterocycles. The molecule has 1 aromatic rings. The van der Waals surface area contributed by atoms with Crippen molar-refractivity contribution >= 4 is 15.8 Å². The number of nitrogen functional groups attached to an aromatic ring is 1. The number of aromatic nitrogens is 1. The van der Waals surface area contributed by atoms with Gasteiger partial charge in [0, 0.05) is 19.3 Å². The number of sulfonamides is 1. The summed E-state index contributed by atoms with van der Waals surface area (Å²) in [6.45, 7) is 3.35. The van der Waals surface area contributed by atoms with Crippen molar-refractivity contribution in [1.29, 1.82) is 0 Å². The molecule has 1 aromatic heterocycles. The molecule has 0 aliphatic carbocycles. The largest absolute Gasteiger partial charge is 0.384 e. The maximum absolute atomic E-state index is 12.4. The molecule has 1 fully saturated rings. The molecule has 0 aromatic carbocycles. The third kappa shape index (κ3) is 2.81. The average molecular weight is 269 g/mol. The predicted molar refractivity (Wildman–Crippen MR) is 70.4 cm³/mol. The lowest BCUT2D eigenvalue weighted by Gasteiger charge is -2.19. The van der Waals surface area contributed by atoms with Crippen LogP contribution in [-0.2, 0) is 10.0 Å². The zero-order valence-corrected chi connectivity index (χ0v) is 11.4. The Morgan fingerprint density at radius 3 is 2.78 bits per heavy atom. The van der Waals surface area contributed by atoms with E-state index in [4.69, 9.17) is 5.73 Å². The summed E-state index contributed by atoms with van der Waals surface area (Å²) >= 11 is 0. The smallest absolute Gasteiger partial charge is 0.244 e. The molecule has 1 aliphatic heterocycles. The van der Waals surface area contributed by atoms with Crippen molar-refractivity contribution in [2.45, 2.75) is 31.1 Å². The van der Waals surface area contributed by atoms with Gasteiger partial charge in [-0.25, -0.2) is 13.4 Å². The molecule has 5 nitrogen and oxygen atoms in total. The molecular formula is C12H19N3O2S. The standard InChI is InChI=1S/C12H19N3O2S/c1-10-3-2-7-15(8-6-10)18(16,17)11-4-5-12(13)14-9-11/h4-5,9-10H,2-3,6-8H2,1H3,(H2,13,14). The summed E-state index contributed by atoms with van der Waals surface area (Å²) in [5.41, 5.74) is 5.47. The number of hydrogen-bond donors (Lipinski definition) is 1. The van der Waals surface area contributed by atoms with Gasteiger partial charge in [0.2, 0.25) is 10.0 Å². The maximum Gasteiger partial charge on any atom is 0.244 e. The second-order valence-electron chi connectivity index (χ2n) is 4.86. The van der Waals surface area contributed by atoms with Crippen LogP contribution in [0.2, 0.25) is 0 Å². The molecule has 2 rings (SSSR count). The predicted octanol–water partition coefficient (Wildman–Crippen LogP) is 1.47. The van der Waals surface area contributed by atoms with Crippen molar-refractivity contribution in [3.63, 3.8) is 0 Å². The van der Waals surface area contributed by atoms with Crippen LogP contribution in [0.25, 0.3) is 0 Å². The third-order valence-corrected chi connectivity index (χ3v) is 5.25. The second-order valence-corrected chi connectivity index (χ2v) is 6.80. The van der Waals surface area contributed by atoms with Gasteiger partial charge in [-0.05, 0) is 37.3 Å². The Hall–Kier alpha value is -1.14. The van der Waals surface area contributed by atoms with Gasteiger partial charge in [-0.3, -0.25) is 0 Å². The van der Waals surface area contributed by atoms with E-state index in [-0.39, 0.29) is 4.90 Å². The summed E-state index contributed by atoms with van der Waals surface area (Å²) in [5, 5.41) is 0. The lowest BCUT2D eigenvalue weighted by molar-refractivity contribution is 0.416. The van der Waals surface area contributed by atoms with Crippen LogP contribution in [0, 0.1) is 5.92 Å². The third-order valence-electron chi connectivity index (χ3n) is 3.37. The Morgan fingerprint density at radius 2 is 2.11 bits per heavy atom. The van der Waals surface area contributed by atoms with E-state index in [2.05, 4.69) is 11.9 Å². The average Bonchev–Trinajstić information content (AvgIpc) is 2.55. The summed E-state index contributed by atoms with van der Waals surface area (Å²) in [6.07, 6.45) is 4.26. The highest BCUT2D eigenvalue weighted by Crippen LogP contribution is 2.22. The van der Waals surface area contributed by atoms with Gasteiger partial charge in [0.25, 0.3) is 0 Å². The maximum atomic E-state index is 12.4. The molecule has 0 radical (unpaired) electrons. The SMILES string of the molecule is CC1CCCN(S(=O)(=O)c2ccc(N)nc2)CC1. The molecule has 1 unspecified atom stereocenters. The molecule has 0 saturated carbocycles. The molecule has 18 heavy (non-hydrogen) atoms. The first kappa shape index (κ1) is 13.3. The summed E-state index contributed by atoms with van der Waals surface area (Å²) in [7, 11) is -3.41. The summed E-state index contributed by atoms with van der Waals surface area (Å²) in [6, 6.07) is 3.04. The molecular weight excluding hydrogens is 250 g/mol. The topological polar surface area (TPSA) is 76.3 Å². The fourth-order valence-corrected chi connectivity index (χ4v) is 3.61. The van der Waals surface area contributed by atoms with E-state index in [1.54, 1.807) is 4.31 Å². The van der Waals surface area contributed by atoms with Crippen LogP contribution < -0.4 is 5.73 Å². The lowest BCUT2D eigenvalue weighted by Crippen LogP contribution is -2.32. The number of anilines is 1. The number of rotatable bonds is 2. The molecule has 0 bridgehead atoms. The second kappa shape index (κ2) is 5.24. The van der Waals surface area contributed by atoms with Crippen molar-refractivity contribution in [3.8, 4) is 0 Å². The molecule has 1 saturated heterocycles. The van der Waals surface area contributed by atoms with Crippen molar-refractivity contribution in [2.75, 3.05) is 18.8 Å². The Labute approximate surface area is 108 Å². The summed E-state index contributed by atoms with van der Waals surface area (Å²) < 4.78 is 26.4. The Bertz CT molecular complexity index is 499. The minimum Gasteiger partial charge on any atom is -0.384 e. The van der Waals surface area contributed by atoms with E-state index < -0.39 is 10.0 Å². The highest BCUT2D eigenvalue weighted by Gasteiger charge is 2.26. The zero-order chi connectivity index (χ0) is 13.2. The molecule has 1 aliphatic rings. The summed E-state index contributed by atoms with van der Waals surface area (Å²) in [5.74, 6) is 0.924. The van der Waals surface area contributed by atoms with Crippen LogP contribution in [0.5, 0.6) is 0 Å². The molecule has 2 N–H and O–H groups in total.